The highest BCUT2D eigenvalue weighted by molar-refractivity contribution is 7.05. The van der Waals surface area contributed by atoms with E-state index in [1.54, 1.807) is 12.1 Å². The van der Waals surface area contributed by atoms with Crippen LogP contribution >= 0.6 is 23.1 Å². The average molecular weight is 309 g/mol. The second-order valence-electron chi connectivity index (χ2n) is 4.54. The normalized spacial score (nSPS) is 12.9. The first-order valence-electron chi connectivity index (χ1n) is 6.38. The first-order valence-corrected chi connectivity index (χ1v) is 7.53. The van der Waals surface area contributed by atoms with Gasteiger partial charge in [-0.15, -0.1) is 5.10 Å². The summed E-state index contributed by atoms with van der Waals surface area (Å²) in [5, 5.41) is 16.0. The van der Waals surface area contributed by atoms with Crippen LogP contribution in [0, 0.1) is 0 Å². The van der Waals surface area contributed by atoms with Gasteiger partial charge in [-0.05, 0) is 30.1 Å². The van der Waals surface area contributed by atoms with E-state index in [0.717, 1.165) is 28.8 Å². The van der Waals surface area contributed by atoms with Crippen LogP contribution in [0.5, 0.6) is 0 Å². The van der Waals surface area contributed by atoms with Crippen molar-refractivity contribution >= 4 is 34.1 Å². The topological polar surface area (TPSA) is 59.2 Å². The molecule has 0 bridgehead atoms. The van der Waals surface area contributed by atoms with Gasteiger partial charge in [0.1, 0.15) is 11.9 Å². The van der Waals surface area contributed by atoms with Crippen molar-refractivity contribution in [1.82, 2.24) is 9.59 Å². The monoisotopic (exact) mass is 308 g/mol. The van der Waals surface area contributed by atoms with Gasteiger partial charge in [0, 0.05) is 5.39 Å². The Hall–Kier alpha value is -1.43. The molecule has 3 aromatic rings. The zero-order valence-electron chi connectivity index (χ0n) is 10.8. The van der Waals surface area contributed by atoms with Gasteiger partial charge in [-0.1, -0.05) is 41.6 Å². The van der Waals surface area contributed by atoms with Crippen LogP contribution in [-0.2, 0) is 6.42 Å². The number of hydrogen-bond donors (Lipinski definition) is 1. The smallest absolute Gasteiger partial charge is 0.153 e. The molecule has 0 spiro atoms. The van der Waals surface area contributed by atoms with E-state index in [9.17, 15) is 5.11 Å². The Kier molecular flexibility index (Phi) is 3.74. The van der Waals surface area contributed by atoms with Crippen LogP contribution in [-0.4, -0.2) is 14.7 Å². The number of para-hydroxylation sites is 1. The molecule has 1 N–H and O–H groups in total. The summed E-state index contributed by atoms with van der Waals surface area (Å²) in [5.74, 6) is 0.469. The summed E-state index contributed by atoms with van der Waals surface area (Å²) in [7, 11) is 0. The minimum absolute atomic E-state index is 0.469. The molecular weight excluding hydrogens is 296 g/mol. The lowest BCUT2D eigenvalue weighted by atomic mass is 10.1. The van der Waals surface area contributed by atoms with Crippen LogP contribution in [0.1, 0.15) is 35.8 Å². The molecule has 0 saturated heterocycles. The zero-order valence-corrected chi connectivity index (χ0v) is 12.4. The molecule has 2 heterocycles. The summed E-state index contributed by atoms with van der Waals surface area (Å²) in [5.41, 5.74) is 1.43. The van der Waals surface area contributed by atoms with Crippen LogP contribution in [0.25, 0.3) is 11.0 Å². The molecule has 3 rings (SSSR count). The molecule has 1 unspecified atom stereocenters. The third kappa shape index (κ3) is 2.32. The molecule has 0 amide bonds. The third-order valence-electron chi connectivity index (χ3n) is 3.10. The van der Waals surface area contributed by atoms with Crippen molar-refractivity contribution in [2.45, 2.75) is 25.9 Å². The van der Waals surface area contributed by atoms with E-state index in [2.05, 4.69) is 16.5 Å². The van der Waals surface area contributed by atoms with Gasteiger partial charge < -0.3 is 9.52 Å². The van der Waals surface area contributed by atoms with Crippen molar-refractivity contribution in [3.63, 3.8) is 0 Å². The number of halogens is 1. The minimum Gasteiger partial charge on any atom is -0.456 e. The van der Waals surface area contributed by atoms with E-state index >= 15 is 0 Å². The standard InChI is InChI=1S/C14H13ClN2O2S/c1-2-4-10-14(20-17-16-10)12(18)11-7-8-5-3-6-9(15)13(8)19-11/h3,5-7,12,18H,2,4H2,1H3. The van der Waals surface area contributed by atoms with E-state index in [4.69, 9.17) is 16.0 Å². The maximum absolute atomic E-state index is 10.5. The summed E-state index contributed by atoms with van der Waals surface area (Å²) in [6, 6.07) is 7.33. The summed E-state index contributed by atoms with van der Waals surface area (Å²) in [6.45, 7) is 2.07. The van der Waals surface area contributed by atoms with Gasteiger partial charge in [0.15, 0.2) is 5.58 Å². The van der Waals surface area contributed by atoms with Gasteiger partial charge in [0.2, 0.25) is 0 Å². The van der Waals surface area contributed by atoms with Crippen LogP contribution in [0.3, 0.4) is 0 Å². The molecule has 1 atom stereocenters. The Morgan fingerprint density at radius 3 is 3.05 bits per heavy atom. The Morgan fingerprint density at radius 1 is 1.45 bits per heavy atom. The van der Waals surface area contributed by atoms with E-state index in [1.807, 2.05) is 12.1 Å². The van der Waals surface area contributed by atoms with Gasteiger partial charge in [0.05, 0.1) is 15.6 Å². The van der Waals surface area contributed by atoms with Crippen LogP contribution in [0.4, 0.5) is 0 Å². The van der Waals surface area contributed by atoms with Crippen molar-refractivity contribution in [3.8, 4) is 0 Å². The molecule has 0 aliphatic rings. The molecule has 0 radical (unpaired) electrons. The molecule has 20 heavy (non-hydrogen) atoms. The molecule has 0 fully saturated rings. The van der Waals surface area contributed by atoms with Gasteiger partial charge in [0.25, 0.3) is 0 Å². The summed E-state index contributed by atoms with van der Waals surface area (Å²) in [4.78, 5) is 0.738. The maximum Gasteiger partial charge on any atom is 0.153 e. The predicted octanol–water partition coefficient (Wildman–Crippen LogP) is 3.97. The van der Waals surface area contributed by atoms with E-state index in [-0.39, 0.29) is 0 Å². The number of aromatic nitrogens is 2. The molecule has 6 heteroatoms. The van der Waals surface area contributed by atoms with Crippen LogP contribution in [0.15, 0.2) is 28.7 Å². The lowest BCUT2D eigenvalue weighted by Gasteiger charge is -2.05. The molecule has 0 aliphatic carbocycles. The SMILES string of the molecule is CCCc1nnsc1C(O)c1cc2cccc(Cl)c2o1. The van der Waals surface area contributed by atoms with E-state index in [0.29, 0.717) is 16.4 Å². The lowest BCUT2D eigenvalue weighted by Crippen LogP contribution is -2.00. The molecule has 0 aliphatic heterocycles. The fourth-order valence-electron chi connectivity index (χ4n) is 2.14. The molecule has 1 aromatic carbocycles. The number of nitrogens with zero attached hydrogens (tertiary/aromatic N) is 2. The first kappa shape index (κ1) is 13.5. The molecule has 0 saturated carbocycles. The summed E-state index contributed by atoms with van der Waals surface area (Å²) < 4.78 is 9.61. The summed E-state index contributed by atoms with van der Waals surface area (Å²) >= 11 is 7.29. The number of hydrogen-bond acceptors (Lipinski definition) is 5. The largest absolute Gasteiger partial charge is 0.456 e. The number of aliphatic hydroxyl groups excluding tert-OH is 1. The van der Waals surface area contributed by atoms with E-state index in [1.165, 1.54) is 11.5 Å². The zero-order chi connectivity index (χ0) is 14.1. The fourth-order valence-corrected chi connectivity index (χ4v) is 3.06. The highest BCUT2D eigenvalue weighted by Gasteiger charge is 2.22. The number of benzene rings is 1. The maximum atomic E-state index is 10.5. The minimum atomic E-state index is -0.847. The number of furan rings is 1. The van der Waals surface area contributed by atoms with Gasteiger partial charge in [-0.25, -0.2) is 0 Å². The number of aliphatic hydroxyl groups is 1. The Labute approximate surface area is 125 Å². The Morgan fingerprint density at radius 2 is 2.30 bits per heavy atom. The third-order valence-corrected chi connectivity index (χ3v) is 4.22. The summed E-state index contributed by atoms with van der Waals surface area (Å²) in [6.07, 6.45) is 0.904. The quantitative estimate of drug-likeness (QED) is 0.792. The Balaban J connectivity index is 2.01. The van der Waals surface area contributed by atoms with E-state index < -0.39 is 6.10 Å². The van der Waals surface area contributed by atoms with Crippen molar-refractivity contribution in [2.24, 2.45) is 0 Å². The number of aryl methyl sites for hydroxylation is 1. The molecular formula is C14H13ClN2O2S. The second kappa shape index (κ2) is 5.52. The Bertz CT molecular complexity index is 738. The van der Waals surface area contributed by atoms with Crippen molar-refractivity contribution in [2.75, 3.05) is 0 Å². The van der Waals surface area contributed by atoms with Gasteiger partial charge >= 0.3 is 0 Å². The molecule has 2 aromatic heterocycles. The molecule has 4 nitrogen and oxygen atoms in total. The van der Waals surface area contributed by atoms with Crippen LogP contribution in [0.2, 0.25) is 5.02 Å². The highest BCUT2D eigenvalue weighted by atomic mass is 35.5. The number of fused-ring (bicyclic) bond motifs is 1. The molecule has 104 valence electrons. The average Bonchev–Trinajstić information content (AvgIpc) is 3.05. The van der Waals surface area contributed by atoms with Crippen molar-refractivity contribution in [1.29, 1.82) is 0 Å². The van der Waals surface area contributed by atoms with Gasteiger partial charge in [-0.3, -0.25) is 0 Å². The number of rotatable bonds is 4. The van der Waals surface area contributed by atoms with Gasteiger partial charge in [-0.2, -0.15) is 0 Å². The van der Waals surface area contributed by atoms with Crippen molar-refractivity contribution < 1.29 is 9.52 Å². The van der Waals surface area contributed by atoms with Crippen LogP contribution < -0.4 is 0 Å². The lowest BCUT2D eigenvalue weighted by molar-refractivity contribution is 0.194. The van der Waals surface area contributed by atoms with Crippen molar-refractivity contribution in [3.05, 3.63) is 45.6 Å². The predicted molar refractivity (Wildman–Crippen MR) is 79.2 cm³/mol. The highest BCUT2D eigenvalue weighted by Crippen LogP contribution is 2.33. The second-order valence-corrected chi connectivity index (χ2v) is 5.74. The fraction of sp³-hybridized carbons (Fsp3) is 0.286. The first-order chi connectivity index (χ1) is 9.70.